The second-order valence-corrected chi connectivity index (χ2v) is 17.2. The molecule has 1 nitrogen and oxygen atoms in total. The van der Waals surface area contributed by atoms with Gasteiger partial charge in [0, 0.05) is 42.6 Å². The summed E-state index contributed by atoms with van der Waals surface area (Å²) in [6, 6.07) is 81.5. The number of fused-ring (bicyclic) bond motifs is 9. The summed E-state index contributed by atoms with van der Waals surface area (Å²) in [5.41, 5.74) is 16.9. The summed E-state index contributed by atoms with van der Waals surface area (Å²) in [4.78, 5) is 2.50. The second-order valence-electron chi connectivity index (χ2n) is 16.1. The van der Waals surface area contributed by atoms with Gasteiger partial charge in [0.15, 0.2) is 0 Å². The van der Waals surface area contributed by atoms with Crippen LogP contribution in [0.5, 0.6) is 0 Å². The standard InChI is InChI=1S/C57H39NS/c1-56(38-17-5-2-6-18-38)50-26-14-11-23-44(50)46-32-29-41(35-52(46)56)58(43-31-34-49-48-25-13-16-28-54(48)59-55(49)37-43)42-30-33-47-45-24-12-15-27-51(45)57(53(47)36-42,39-19-7-3-8-20-39)40-21-9-4-10-22-40/h2-37H,1H3. The topological polar surface area (TPSA) is 3.24 Å². The second kappa shape index (κ2) is 13.0. The predicted octanol–water partition coefficient (Wildman–Crippen LogP) is 15.2. The van der Waals surface area contributed by atoms with Crippen molar-refractivity contribution in [3.05, 3.63) is 257 Å². The number of benzene rings is 9. The SMILES string of the molecule is CC1(c2ccccc2)c2ccccc2-c2ccc(N(c3ccc4c(c3)C(c3ccccc3)(c3ccccc3)c3ccccc3-4)c3ccc4c(c3)sc3ccccc34)cc21. The molecule has 0 spiro atoms. The van der Waals surface area contributed by atoms with E-state index in [4.69, 9.17) is 0 Å². The summed E-state index contributed by atoms with van der Waals surface area (Å²) < 4.78 is 2.60. The third kappa shape index (κ3) is 4.84. The van der Waals surface area contributed by atoms with Crippen molar-refractivity contribution < 1.29 is 0 Å². The molecule has 0 aliphatic heterocycles. The van der Waals surface area contributed by atoms with E-state index >= 15 is 0 Å². The van der Waals surface area contributed by atoms with E-state index in [1.165, 1.54) is 81.4 Å². The molecular formula is C57H39NS. The maximum atomic E-state index is 2.50. The van der Waals surface area contributed by atoms with Gasteiger partial charge in [-0.25, -0.2) is 0 Å². The van der Waals surface area contributed by atoms with Gasteiger partial charge >= 0.3 is 0 Å². The van der Waals surface area contributed by atoms with Gasteiger partial charge in [0.1, 0.15) is 0 Å². The number of thiophene rings is 1. The van der Waals surface area contributed by atoms with Crippen LogP contribution in [0, 0.1) is 0 Å². The molecule has 12 rings (SSSR count). The summed E-state index contributed by atoms with van der Waals surface area (Å²) in [6.07, 6.45) is 0. The lowest BCUT2D eigenvalue weighted by atomic mass is 9.67. The molecule has 1 unspecified atom stereocenters. The summed E-state index contributed by atoms with van der Waals surface area (Å²) >= 11 is 1.87. The Morgan fingerprint density at radius 2 is 0.797 bits per heavy atom. The van der Waals surface area contributed by atoms with E-state index in [2.05, 4.69) is 230 Å². The molecule has 9 aromatic carbocycles. The number of nitrogens with zero attached hydrogens (tertiary/aromatic N) is 1. The first-order valence-corrected chi connectivity index (χ1v) is 21.3. The van der Waals surface area contributed by atoms with Crippen molar-refractivity contribution >= 4 is 48.6 Å². The van der Waals surface area contributed by atoms with Crippen LogP contribution < -0.4 is 4.90 Å². The third-order valence-corrected chi connectivity index (χ3v) is 14.4. The van der Waals surface area contributed by atoms with Gasteiger partial charge in [0.05, 0.1) is 5.41 Å². The molecule has 2 aliphatic rings. The molecule has 0 fully saturated rings. The van der Waals surface area contributed by atoms with Crippen molar-refractivity contribution in [2.24, 2.45) is 0 Å². The van der Waals surface area contributed by atoms with Gasteiger partial charge in [-0.15, -0.1) is 11.3 Å². The third-order valence-electron chi connectivity index (χ3n) is 13.2. The highest BCUT2D eigenvalue weighted by molar-refractivity contribution is 7.25. The van der Waals surface area contributed by atoms with E-state index in [1.54, 1.807) is 0 Å². The highest BCUT2D eigenvalue weighted by Crippen LogP contribution is 2.58. The smallest absolute Gasteiger partial charge is 0.0714 e. The highest BCUT2D eigenvalue weighted by Gasteiger charge is 2.46. The Morgan fingerprint density at radius 3 is 1.47 bits per heavy atom. The Bertz CT molecular complexity index is 3200. The Kier molecular flexibility index (Phi) is 7.51. The minimum atomic E-state index is -0.503. The number of rotatable bonds is 6. The Hall–Kier alpha value is -7.00. The largest absolute Gasteiger partial charge is 0.310 e. The fourth-order valence-corrected chi connectivity index (χ4v) is 11.7. The average molecular weight is 770 g/mol. The van der Waals surface area contributed by atoms with Gasteiger partial charge in [0.2, 0.25) is 0 Å². The minimum absolute atomic E-state index is 0.320. The van der Waals surface area contributed by atoms with E-state index in [0.717, 1.165) is 17.1 Å². The number of hydrogen-bond acceptors (Lipinski definition) is 2. The molecule has 0 radical (unpaired) electrons. The van der Waals surface area contributed by atoms with Crippen LogP contribution in [0.15, 0.2) is 218 Å². The molecule has 2 aliphatic carbocycles. The lowest BCUT2D eigenvalue weighted by Gasteiger charge is -2.35. The van der Waals surface area contributed by atoms with Crippen molar-refractivity contribution in [2.45, 2.75) is 17.8 Å². The lowest BCUT2D eigenvalue weighted by molar-refractivity contribution is 0.714. The molecular weight excluding hydrogens is 731 g/mol. The van der Waals surface area contributed by atoms with Gasteiger partial charge < -0.3 is 4.90 Å². The van der Waals surface area contributed by atoms with Crippen LogP contribution in [-0.4, -0.2) is 0 Å². The minimum Gasteiger partial charge on any atom is -0.310 e. The van der Waals surface area contributed by atoms with Gasteiger partial charge in [-0.3, -0.25) is 0 Å². The van der Waals surface area contributed by atoms with Crippen molar-refractivity contribution in [1.29, 1.82) is 0 Å². The number of anilines is 3. The summed E-state index contributed by atoms with van der Waals surface area (Å²) in [5.74, 6) is 0. The van der Waals surface area contributed by atoms with Crippen LogP contribution in [0.3, 0.4) is 0 Å². The van der Waals surface area contributed by atoms with Crippen LogP contribution in [0.25, 0.3) is 42.4 Å². The van der Waals surface area contributed by atoms with Gasteiger partial charge in [0.25, 0.3) is 0 Å². The predicted molar refractivity (Wildman–Crippen MR) is 249 cm³/mol. The molecule has 0 bridgehead atoms. The Balaban J connectivity index is 1.13. The average Bonchev–Trinajstić information content (AvgIpc) is 3.91. The molecule has 0 N–H and O–H groups in total. The normalized spacial score (nSPS) is 15.7. The zero-order chi connectivity index (χ0) is 39.1. The molecule has 1 atom stereocenters. The lowest BCUT2D eigenvalue weighted by Crippen LogP contribution is -2.28. The Labute approximate surface area is 349 Å². The van der Waals surface area contributed by atoms with E-state index in [1.807, 2.05) is 11.3 Å². The van der Waals surface area contributed by atoms with E-state index < -0.39 is 5.41 Å². The molecule has 278 valence electrons. The maximum absolute atomic E-state index is 2.50. The van der Waals surface area contributed by atoms with Crippen LogP contribution in [0.4, 0.5) is 17.1 Å². The molecule has 0 amide bonds. The zero-order valence-electron chi connectivity index (χ0n) is 32.6. The maximum Gasteiger partial charge on any atom is 0.0714 e. The van der Waals surface area contributed by atoms with Crippen molar-refractivity contribution in [1.82, 2.24) is 0 Å². The van der Waals surface area contributed by atoms with E-state index in [0.29, 0.717) is 0 Å². The first kappa shape index (κ1) is 34.1. The molecule has 0 saturated heterocycles. The van der Waals surface area contributed by atoms with E-state index in [9.17, 15) is 0 Å². The summed E-state index contributed by atoms with van der Waals surface area (Å²) in [7, 11) is 0. The molecule has 2 heteroatoms. The number of hydrogen-bond donors (Lipinski definition) is 0. The first-order valence-electron chi connectivity index (χ1n) is 20.5. The Morgan fingerprint density at radius 1 is 0.339 bits per heavy atom. The van der Waals surface area contributed by atoms with Crippen LogP contribution >= 0.6 is 11.3 Å². The van der Waals surface area contributed by atoms with Crippen LogP contribution in [0.2, 0.25) is 0 Å². The molecule has 1 heterocycles. The van der Waals surface area contributed by atoms with Crippen molar-refractivity contribution in [2.75, 3.05) is 4.90 Å². The van der Waals surface area contributed by atoms with Crippen molar-refractivity contribution in [3.8, 4) is 22.3 Å². The van der Waals surface area contributed by atoms with Gasteiger partial charge in [-0.05, 0) is 111 Å². The fraction of sp³-hybridized carbons (Fsp3) is 0.0526. The summed E-state index contributed by atoms with van der Waals surface area (Å²) in [6.45, 7) is 2.41. The van der Waals surface area contributed by atoms with Gasteiger partial charge in [-0.1, -0.05) is 176 Å². The monoisotopic (exact) mass is 769 g/mol. The van der Waals surface area contributed by atoms with E-state index in [-0.39, 0.29) is 5.41 Å². The quantitative estimate of drug-likeness (QED) is 0.163. The molecule has 10 aromatic rings. The van der Waals surface area contributed by atoms with Crippen molar-refractivity contribution in [3.63, 3.8) is 0 Å². The highest BCUT2D eigenvalue weighted by atomic mass is 32.1. The fourth-order valence-electron chi connectivity index (χ4n) is 10.6. The molecule has 0 saturated carbocycles. The molecule has 1 aromatic heterocycles. The van der Waals surface area contributed by atoms with Crippen LogP contribution in [-0.2, 0) is 10.8 Å². The molecule has 59 heavy (non-hydrogen) atoms. The zero-order valence-corrected chi connectivity index (χ0v) is 33.5. The van der Waals surface area contributed by atoms with Gasteiger partial charge in [-0.2, -0.15) is 0 Å². The van der Waals surface area contributed by atoms with Crippen LogP contribution in [0.1, 0.15) is 45.9 Å². The first-order chi connectivity index (χ1) is 29.1. The summed E-state index contributed by atoms with van der Waals surface area (Å²) in [5, 5.41) is 2.61.